The molecule has 264 valence electrons. The Morgan fingerprint density at radius 3 is 2.60 bits per heavy atom. The van der Waals surface area contributed by atoms with Gasteiger partial charge in [-0.1, -0.05) is 36.4 Å². The molecule has 1 amide bonds. The lowest BCUT2D eigenvalue weighted by molar-refractivity contribution is -0.141. The zero-order chi connectivity index (χ0) is 35.8. The maximum atomic E-state index is 13.6. The molecule has 2 aromatic carbocycles. The number of aryl methyl sites for hydroxylation is 3. The average Bonchev–Trinajstić information content (AvgIpc) is 3.47. The summed E-state index contributed by atoms with van der Waals surface area (Å²) in [4.78, 5) is 21.5. The maximum absolute atomic E-state index is 13.6. The van der Waals surface area contributed by atoms with Crippen molar-refractivity contribution in [3.63, 3.8) is 0 Å². The smallest absolute Gasteiger partial charge is 0.433 e. The summed E-state index contributed by atoms with van der Waals surface area (Å²) >= 11 is 0. The highest BCUT2D eigenvalue weighted by Crippen LogP contribution is 2.57. The maximum Gasteiger partial charge on any atom is 0.433 e. The Morgan fingerprint density at radius 1 is 1.10 bits per heavy atom. The molecule has 4 heterocycles. The standard InChI is InChI=1S/C35H38F3N7O4S/c1-5-26-20-44(50(47,48)30-8-7-15-39-34(30)49-26)19-24-16-23(10-9-21(24)3)28(27-12-13-29-33(22(27)4)42-43-45(29)6-2)17-32(46)41-25-11-14-31(40-18-25)35(36,37)38/h7-16,18,26,28,47-48H,5-6,17,19-20H2,1-4H3,(H,41,46)/t26-,28+/m1/s1. The fourth-order valence-electron chi connectivity index (χ4n) is 6.21. The van der Waals surface area contributed by atoms with Crippen LogP contribution in [-0.4, -0.2) is 56.9 Å². The molecule has 2 atom stereocenters. The number of hydrogen-bond donors (Lipinski definition) is 3. The summed E-state index contributed by atoms with van der Waals surface area (Å²) in [6.45, 7) is 8.84. The first-order valence-corrected chi connectivity index (χ1v) is 17.7. The van der Waals surface area contributed by atoms with E-state index in [1.807, 2.05) is 58.0 Å². The molecule has 0 bridgehead atoms. The van der Waals surface area contributed by atoms with E-state index in [0.29, 0.717) is 18.5 Å². The first-order chi connectivity index (χ1) is 23.8. The number of halogens is 3. The van der Waals surface area contributed by atoms with Gasteiger partial charge < -0.3 is 10.1 Å². The quantitative estimate of drug-likeness (QED) is 0.140. The zero-order valence-corrected chi connectivity index (χ0v) is 28.8. The van der Waals surface area contributed by atoms with Crippen LogP contribution in [0.25, 0.3) is 11.0 Å². The number of ether oxygens (including phenoxy) is 1. The number of aromatic nitrogens is 5. The van der Waals surface area contributed by atoms with Crippen LogP contribution in [0.1, 0.15) is 66.1 Å². The van der Waals surface area contributed by atoms with Crippen molar-refractivity contribution < 1.29 is 31.8 Å². The van der Waals surface area contributed by atoms with Gasteiger partial charge in [-0.05, 0) is 85.3 Å². The Kier molecular flexibility index (Phi) is 9.86. The molecule has 3 N–H and O–H groups in total. The number of nitrogens with zero attached hydrogens (tertiary/aromatic N) is 6. The molecule has 0 aliphatic carbocycles. The number of rotatable bonds is 9. The number of hydrogen-bond acceptors (Lipinski definition) is 9. The number of nitrogens with one attached hydrogen (secondary N) is 1. The minimum Gasteiger partial charge on any atom is -0.472 e. The summed E-state index contributed by atoms with van der Waals surface area (Å²) < 4.78 is 71.9. The van der Waals surface area contributed by atoms with Crippen LogP contribution in [-0.2, 0) is 24.1 Å². The van der Waals surface area contributed by atoms with Crippen LogP contribution in [0.4, 0.5) is 18.9 Å². The third-order valence-corrected chi connectivity index (χ3v) is 10.9. The normalized spacial score (nSPS) is 17.4. The van der Waals surface area contributed by atoms with Crippen LogP contribution in [0.5, 0.6) is 5.88 Å². The number of fused-ring (bicyclic) bond motifs is 2. The molecule has 11 nitrogen and oxygen atoms in total. The topological polar surface area (TPSA) is 139 Å². The fraction of sp³-hybridized carbons (Fsp3) is 0.343. The van der Waals surface area contributed by atoms with Crippen molar-refractivity contribution in [2.24, 2.45) is 0 Å². The number of anilines is 1. The second kappa shape index (κ2) is 14.0. The van der Waals surface area contributed by atoms with Gasteiger partial charge in [0.2, 0.25) is 11.8 Å². The lowest BCUT2D eigenvalue weighted by atomic mass is 9.84. The number of alkyl halides is 3. The van der Waals surface area contributed by atoms with Crippen LogP contribution in [0.15, 0.2) is 71.9 Å². The van der Waals surface area contributed by atoms with Crippen LogP contribution in [0.2, 0.25) is 0 Å². The van der Waals surface area contributed by atoms with Crippen molar-refractivity contribution in [3.8, 4) is 5.88 Å². The molecule has 6 rings (SSSR count). The van der Waals surface area contributed by atoms with Crippen LogP contribution >= 0.6 is 10.8 Å². The molecule has 50 heavy (non-hydrogen) atoms. The molecule has 0 fully saturated rings. The molecule has 0 saturated carbocycles. The van der Waals surface area contributed by atoms with Gasteiger partial charge in [-0.2, -0.15) is 17.5 Å². The molecule has 3 aromatic heterocycles. The van der Waals surface area contributed by atoms with Crippen molar-refractivity contribution in [3.05, 3.63) is 101 Å². The summed E-state index contributed by atoms with van der Waals surface area (Å²) in [5.74, 6) is -0.731. The van der Waals surface area contributed by atoms with E-state index in [-0.39, 0.29) is 42.1 Å². The van der Waals surface area contributed by atoms with E-state index in [1.54, 1.807) is 27.3 Å². The van der Waals surface area contributed by atoms with Crippen LogP contribution in [0, 0.1) is 13.8 Å². The minimum absolute atomic E-state index is 0.0541. The molecular formula is C35H38F3N7O4S. The van der Waals surface area contributed by atoms with Crippen molar-refractivity contribution in [2.75, 3.05) is 11.9 Å². The third kappa shape index (κ3) is 7.03. The SMILES string of the molecule is CC[C@@H]1CN(Cc2cc([C@H](CC(=O)Nc3ccc(C(F)(F)F)nc3)c3ccc4c(nnn4CC)c3C)ccc2C)S(O)(O)c2cccnc2O1. The summed E-state index contributed by atoms with van der Waals surface area (Å²) in [5, 5.41) is 11.4. The van der Waals surface area contributed by atoms with Gasteiger partial charge in [0.05, 0.1) is 23.9 Å². The molecule has 0 radical (unpaired) electrons. The average molecular weight is 710 g/mol. The van der Waals surface area contributed by atoms with Gasteiger partial charge >= 0.3 is 6.18 Å². The van der Waals surface area contributed by atoms with Crippen LogP contribution < -0.4 is 10.1 Å². The Labute approximate surface area is 289 Å². The van der Waals surface area contributed by atoms with Gasteiger partial charge in [-0.25, -0.2) is 14.6 Å². The molecule has 0 saturated heterocycles. The fourth-order valence-corrected chi connectivity index (χ4v) is 7.78. The highest BCUT2D eigenvalue weighted by atomic mass is 32.3. The van der Waals surface area contributed by atoms with E-state index < -0.39 is 34.5 Å². The van der Waals surface area contributed by atoms with Gasteiger partial charge in [0.25, 0.3) is 0 Å². The van der Waals surface area contributed by atoms with Crippen molar-refractivity contribution in [2.45, 2.75) is 76.7 Å². The zero-order valence-electron chi connectivity index (χ0n) is 28.0. The predicted molar refractivity (Wildman–Crippen MR) is 184 cm³/mol. The summed E-state index contributed by atoms with van der Waals surface area (Å²) in [5.41, 5.74) is 4.82. The Bertz CT molecular complexity index is 2020. The summed E-state index contributed by atoms with van der Waals surface area (Å²) in [6.07, 6.45) is -1.82. The molecule has 1 aliphatic rings. The molecular weight excluding hydrogens is 671 g/mol. The number of benzene rings is 2. The highest BCUT2D eigenvalue weighted by molar-refractivity contribution is 8.22. The third-order valence-electron chi connectivity index (χ3n) is 9.04. The minimum atomic E-state index is -4.60. The lowest BCUT2D eigenvalue weighted by Crippen LogP contribution is -2.34. The van der Waals surface area contributed by atoms with Crippen molar-refractivity contribution in [1.82, 2.24) is 29.3 Å². The number of carbonyl (C=O) groups excluding carboxylic acids is 1. The van der Waals surface area contributed by atoms with Gasteiger partial charge in [0, 0.05) is 31.6 Å². The number of carbonyl (C=O) groups is 1. The summed E-state index contributed by atoms with van der Waals surface area (Å²) in [6, 6.07) is 14.9. The summed E-state index contributed by atoms with van der Waals surface area (Å²) in [7, 11) is -3.47. The van der Waals surface area contributed by atoms with Gasteiger partial charge in [-0.3, -0.25) is 13.9 Å². The molecule has 15 heteroatoms. The van der Waals surface area contributed by atoms with E-state index in [2.05, 4.69) is 25.6 Å². The Balaban J connectivity index is 1.37. The Morgan fingerprint density at radius 2 is 1.90 bits per heavy atom. The van der Waals surface area contributed by atoms with Crippen LogP contribution in [0.3, 0.4) is 0 Å². The number of pyridine rings is 2. The number of amides is 1. The van der Waals surface area contributed by atoms with E-state index in [1.165, 1.54) is 6.07 Å². The van der Waals surface area contributed by atoms with E-state index >= 15 is 0 Å². The van der Waals surface area contributed by atoms with Gasteiger partial charge in [-0.15, -0.1) is 15.9 Å². The van der Waals surface area contributed by atoms with Crippen molar-refractivity contribution in [1.29, 1.82) is 0 Å². The monoisotopic (exact) mass is 709 g/mol. The van der Waals surface area contributed by atoms with E-state index in [0.717, 1.165) is 45.6 Å². The molecule has 0 spiro atoms. The first-order valence-electron chi connectivity index (χ1n) is 16.2. The highest BCUT2D eigenvalue weighted by Gasteiger charge is 2.36. The lowest BCUT2D eigenvalue weighted by Gasteiger charge is -2.41. The predicted octanol–water partition coefficient (Wildman–Crippen LogP) is 7.74. The Hall–Kier alpha value is -4.57. The molecule has 5 aromatic rings. The van der Waals surface area contributed by atoms with E-state index in [4.69, 9.17) is 4.74 Å². The van der Waals surface area contributed by atoms with Gasteiger partial charge in [0.1, 0.15) is 22.2 Å². The van der Waals surface area contributed by atoms with E-state index in [9.17, 15) is 27.1 Å². The largest absolute Gasteiger partial charge is 0.472 e. The molecule has 0 unspecified atom stereocenters. The second-order valence-corrected chi connectivity index (χ2v) is 14.3. The van der Waals surface area contributed by atoms with Gasteiger partial charge in [0.15, 0.2) is 0 Å². The first kappa shape index (κ1) is 35.3. The van der Waals surface area contributed by atoms with Crippen molar-refractivity contribution >= 4 is 33.4 Å². The second-order valence-electron chi connectivity index (χ2n) is 12.3. The molecule has 1 aliphatic heterocycles.